The average molecular weight is 375 g/mol. The van der Waals surface area contributed by atoms with Crippen LogP contribution in [0.3, 0.4) is 0 Å². The number of halogens is 1. The van der Waals surface area contributed by atoms with Gasteiger partial charge in [-0.05, 0) is 24.6 Å². The van der Waals surface area contributed by atoms with E-state index in [4.69, 9.17) is 16.3 Å². The normalized spacial score (nSPS) is 12.2. The molecule has 0 aliphatic rings. The van der Waals surface area contributed by atoms with Crippen LogP contribution in [0.5, 0.6) is 5.88 Å². The number of aromatic nitrogens is 3. The molecule has 3 N–H and O–H groups in total. The van der Waals surface area contributed by atoms with Gasteiger partial charge in [-0.25, -0.2) is 9.97 Å². The van der Waals surface area contributed by atoms with Crippen LogP contribution in [0, 0.1) is 0 Å². The first-order valence-electron chi connectivity index (χ1n) is 8.15. The van der Waals surface area contributed by atoms with Gasteiger partial charge in [0.1, 0.15) is 6.10 Å². The molecule has 0 spiro atoms. The summed E-state index contributed by atoms with van der Waals surface area (Å²) in [5, 5.41) is 13.7. The van der Waals surface area contributed by atoms with E-state index in [9.17, 15) is 9.90 Å². The standard InChI is InChI=1S/C18H19ClN4O3/c1-3-16(24)18(25)22-7-11-4-10-5-13(19)12(6-14(10)23-11)15-8-21-17(26-2)9-20-15/h4-6,8-9,16,23-24H,3,7H2,1-2H3,(H,22,25)/t16-/m1/s1. The van der Waals surface area contributed by atoms with Crippen LogP contribution in [0.1, 0.15) is 19.0 Å². The summed E-state index contributed by atoms with van der Waals surface area (Å²) >= 11 is 6.39. The lowest BCUT2D eigenvalue weighted by atomic mass is 10.1. The minimum absolute atomic E-state index is 0.292. The van der Waals surface area contributed by atoms with E-state index in [-0.39, 0.29) is 0 Å². The van der Waals surface area contributed by atoms with Crippen molar-refractivity contribution in [2.45, 2.75) is 26.0 Å². The Balaban J connectivity index is 1.84. The molecule has 0 aliphatic heterocycles. The number of benzene rings is 1. The van der Waals surface area contributed by atoms with Gasteiger partial charge in [0.2, 0.25) is 11.8 Å². The predicted octanol–water partition coefficient (Wildman–Crippen LogP) is 2.67. The van der Waals surface area contributed by atoms with Gasteiger partial charge in [0.05, 0.1) is 36.8 Å². The maximum atomic E-state index is 11.7. The molecule has 26 heavy (non-hydrogen) atoms. The average Bonchev–Trinajstić information content (AvgIpc) is 3.06. The number of carbonyl (C=O) groups is 1. The van der Waals surface area contributed by atoms with Crippen LogP contribution in [0.15, 0.2) is 30.6 Å². The lowest BCUT2D eigenvalue weighted by Gasteiger charge is -2.07. The molecule has 8 heteroatoms. The Kier molecular flexibility index (Phi) is 5.39. The third-order valence-corrected chi connectivity index (χ3v) is 4.33. The number of aromatic amines is 1. The van der Waals surface area contributed by atoms with E-state index in [1.54, 1.807) is 13.1 Å². The van der Waals surface area contributed by atoms with Gasteiger partial charge < -0.3 is 20.1 Å². The minimum atomic E-state index is -0.992. The Bertz CT molecular complexity index is 924. The fourth-order valence-electron chi connectivity index (χ4n) is 2.55. The third kappa shape index (κ3) is 3.79. The first kappa shape index (κ1) is 18.2. The highest BCUT2D eigenvalue weighted by Crippen LogP contribution is 2.31. The highest BCUT2D eigenvalue weighted by Gasteiger charge is 2.13. The molecule has 2 heterocycles. The molecule has 0 saturated heterocycles. The van der Waals surface area contributed by atoms with Crippen LogP contribution in [-0.2, 0) is 11.3 Å². The van der Waals surface area contributed by atoms with E-state index in [2.05, 4.69) is 20.3 Å². The number of H-pyrrole nitrogens is 1. The molecule has 3 rings (SSSR count). The summed E-state index contributed by atoms with van der Waals surface area (Å²) in [6.45, 7) is 2.04. The van der Waals surface area contributed by atoms with Crippen molar-refractivity contribution in [3.8, 4) is 17.1 Å². The van der Waals surface area contributed by atoms with Gasteiger partial charge in [-0.1, -0.05) is 18.5 Å². The zero-order chi connectivity index (χ0) is 18.7. The monoisotopic (exact) mass is 374 g/mol. The summed E-state index contributed by atoms with van der Waals surface area (Å²) in [5.41, 5.74) is 3.05. The van der Waals surface area contributed by atoms with Gasteiger partial charge in [-0.2, -0.15) is 0 Å². The number of aliphatic hydroxyl groups is 1. The molecule has 1 atom stereocenters. The summed E-state index contributed by atoms with van der Waals surface area (Å²) in [6.07, 6.45) is 2.52. The van der Waals surface area contributed by atoms with Crippen molar-refractivity contribution in [1.82, 2.24) is 20.3 Å². The smallest absolute Gasteiger partial charge is 0.249 e. The van der Waals surface area contributed by atoms with Crippen LogP contribution in [0.25, 0.3) is 22.2 Å². The van der Waals surface area contributed by atoms with Gasteiger partial charge in [-0.3, -0.25) is 4.79 Å². The Labute approximate surface area is 155 Å². The molecule has 1 amide bonds. The molecule has 0 aliphatic carbocycles. The largest absolute Gasteiger partial charge is 0.480 e. The molecule has 0 bridgehead atoms. The van der Waals surface area contributed by atoms with Crippen molar-refractivity contribution in [2.24, 2.45) is 0 Å². The number of carbonyl (C=O) groups excluding carboxylic acids is 1. The van der Waals surface area contributed by atoms with Gasteiger partial charge in [0.15, 0.2) is 0 Å². The molecule has 136 valence electrons. The van der Waals surface area contributed by atoms with E-state index >= 15 is 0 Å². The maximum Gasteiger partial charge on any atom is 0.249 e. The fraction of sp³-hybridized carbons (Fsp3) is 0.278. The second-order valence-corrected chi connectivity index (χ2v) is 6.21. The Morgan fingerprint density at radius 1 is 1.35 bits per heavy atom. The molecule has 0 fully saturated rings. The molecule has 1 aromatic carbocycles. The SMILES string of the molecule is CC[C@@H](O)C(=O)NCc1cc2cc(Cl)c(-c3cnc(OC)cn3)cc2[nH]1. The zero-order valence-corrected chi connectivity index (χ0v) is 15.2. The van der Waals surface area contributed by atoms with E-state index in [0.29, 0.717) is 29.6 Å². The molecule has 0 saturated carbocycles. The summed E-state index contributed by atoms with van der Waals surface area (Å²) in [6, 6.07) is 5.63. The van der Waals surface area contributed by atoms with E-state index in [0.717, 1.165) is 22.2 Å². The van der Waals surface area contributed by atoms with Crippen molar-refractivity contribution in [3.05, 3.63) is 41.3 Å². The van der Waals surface area contributed by atoms with Crippen LogP contribution in [0.2, 0.25) is 5.02 Å². The first-order chi connectivity index (χ1) is 12.5. The topological polar surface area (TPSA) is 100 Å². The quantitative estimate of drug-likeness (QED) is 0.616. The number of nitrogens with zero attached hydrogens (tertiary/aromatic N) is 2. The van der Waals surface area contributed by atoms with Crippen LogP contribution < -0.4 is 10.1 Å². The molecule has 2 aromatic heterocycles. The van der Waals surface area contributed by atoms with E-state index in [1.807, 2.05) is 18.2 Å². The van der Waals surface area contributed by atoms with Crippen molar-refractivity contribution in [1.29, 1.82) is 0 Å². The summed E-state index contributed by atoms with van der Waals surface area (Å²) in [5.74, 6) is 0.0384. The molecule has 3 aromatic rings. The van der Waals surface area contributed by atoms with E-state index in [1.165, 1.54) is 13.3 Å². The molecule has 7 nitrogen and oxygen atoms in total. The second-order valence-electron chi connectivity index (χ2n) is 5.80. The lowest BCUT2D eigenvalue weighted by Crippen LogP contribution is -2.33. The van der Waals surface area contributed by atoms with Crippen molar-refractivity contribution in [2.75, 3.05) is 7.11 Å². The molecule has 0 unspecified atom stereocenters. The molecular formula is C18H19ClN4O3. The number of nitrogens with one attached hydrogen (secondary N) is 2. The van der Waals surface area contributed by atoms with Gasteiger partial charge in [-0.15, -0.1) is 0 Å². The number of aliphatic hydroxyl groups excluding tert-OH is 1. The summed E-state index contributed by atoms with van der Waals surface area (Å²) in [4.78, 5) is 23.4. The highest BCUT2D eigenvalue weighted by molar-refractivity contribution is 6.34. The Morgan fingerprint density at radius 2 is 2.15 bits per heavy atom. The number of hydrogen-bond donors (Lipinski definition) is 3. The highest BCUT2D eigenvalue weighted by atomic mass is 35.5. The van der Waals surface area contributed by atoms with Gasteiger partial charge in [0, 0.05) is 22.2 Å². The van der Waals surface area contributed by atoms with Gasteiger partial charge >= 0.3 is 0 Å². The number of hydrogen-bond acceptors (Lipinski definition) is 5. The number of rotatable bonds is 6. The summed E-state index contributed by atoms with van der Waals surface area (Å²) < 4.78 is 5.01. The zero-order valence-electron chi connectivity index (χ0n) is 14.4. The van der Waals surface area contributed by atoms with Crippen LogP contribution in [-0.4, -0.2) is 39.2 Å². The maximum absolute atomic E-state index is 11.7. The van der Waals surface area contributed by atoms with Crippen molar-refractivity contribution >= 4 is 28.4 Å². The number of fused-ring (bicyclic) bond motifs is 1. The lowest BCUT2D eigenvalue weighted by molar-refractivity contribution is -0.129. The Morgan fingerprint density at radius 3 is 2.81 bits per heavy atom. The fourth-order valence-corrected chi connectivity index (χ4v) is 2.82. The minimum Gasteiger partial charge on any atom is -0.480 e. The van der Waals surface area contributed by atoms with Crippen LogP contribution >= 0.6 is 11.6 Å². The Hall–Kier alpha value is -2.64. The predicted molar refractivity (Wildman–Crippen MR) is 99.0 cm³/mol. The number of methoxy groups -OCH3 is 1. The molecular weight excluding hydrogens is 356 g/mol. The van der Waals surface area contributed by atoms with Crippen molar-refractivity contribution < 1.29 is 14.6 Å². The molecule has 0 radical (unpaired) electrons. The first-order valence-corrected chi connectivity index (χ1v) is 8.53. The van der Waals surface area contributed by atoms with Gasteiger partial charge in [0.25, 0.3) is 0 Å². The van der Waals surface area contributed by atoms with Crippen molar-refractivity contribution in [3.63, 3.8) is 0 Å². The second kappa shape index (κ2) is 7.72. The van der Waals surface area contributed by atoms with Crippen LogP contribution in [0.4, 0.5) is 0 Å². The number of amides is 1. The summed E-state index contributed by atoms with van der Waals surface area (Å²) in [7, 11) is 1.53. The third-order valence-electron chi connectivity index (χ3n) is 4.02. The number of ether oxygens (including phenoxy) is 1. The van der Waals surface area contributed by atoms with E-state index < -0.39 is 12.0 Å².